The largest absolute Gasteiger partial charge is 0.385 e. The van der Waals surface area contributed by atoms with E-state index in [0.29, 0.717) is 0 Å². The van der Waals surface area contributed by atoms with Gasteiger partial charge in [-0.05, 0) is 12.0 Å². The summed E-state index contributed by atoms with van der Waals surface area (Å²) in [6.45, 7) is 2.50. The maximum absolute atomic E-state index is 5.02. The molecule has 1 aromatic rings. The third-order valence-electron chi connectivity index (χ3n) is 2.64. The van der Waals surface area contributed by atoms with Crippen LogP contribution < -0.4 is 5.32 Å². The summed E-state index contributed by atoms with van der Waals surface area (Å²) in [5, 5.41) is 3.32. The summed E-state index contributed by atoms with van der Waals surface area (Å²) in [5.41, 5.74) is 1.28. The Balaban J connectivity index is 0.00000324. The van der Waals surface area contributed by atoms with Crippen molar-refractivity contribution >= 4 is 29.9 Å². The van der Waals surface area contributed by atoms with Crippen molar-refractivity contribution in [3.63, 3.8) is 0 Å². The number of benzene rings is 1. The molecule has 0 saturated carbocycles. The summed E-state index contributed by atoms with van der Waals surface area (Å²) < 4.78 is 5.02. The number of guanidine groups is 1. The molecule has 0 heterocycles. The van der Waals surface area contributed by atoms with Crippen molar-refractivity contribution in [2.75, 3.05) is 34.4 Å². The van der Waals surface area contributed by atoms with Crippen LogP contribution in [0.25, 0.3) is 0 Å². The lowest BCUT2D eigenvalue weighted by Gasteiger charge is -2.22. The number of nitrogens with zero attached hydrogens (tertiary/aromatic N) is 2. The van der Waals surface area contributed by atoms with Crippen molar-refractivity contribution in [3.05, 3.63) is 35.9 Å². The molecule has 0 unspecified atom stereocenters. The molecule has 4 nitrogen and oxygen atoms in total. The number of methoxy groups -OCH3 is 1. The van der Waals surface area contributed by atoms with Gasteiger partial charge in [0.15, 0.2) is 5.96 Å². The second-order valence-electron chi connectivity index (χ2n) is 4.16. The highest BCUT2D eigenvalue weighted by molar-refractivity contribution is 14.0. The van der Waals surface area contributed by atoms with Crippen LogP contribution in [-0.2, 0) is 11.3 Å². The zero-order chi connectivity index (χ0) is 13.2. The van der Waals surface area contributed by atoms with Crippen LogP contribution in [0.4, 0.5) is 0 Å². The van der Waals surface area contributed by atoms with Crippen LogP contribution in [0.1, 0.15) is 12.0 Å². The Morgan fingerprint density at radius 3 is 2.58 bits per heavy atom. The summed E-state index contributed by atoms with van der Waals surface area (Å²) in [4.78, 5) is 6.39. The van der Waals surface area contributed by atoms with E-state index in [1.54, 1.807) is 14.2 Å². The maximum atomic E-state index is 5.02. The zero-order valence-electron chi connectivity index (χ0n) is 11.9. The van der Waals surface area contributed by atoms with Crippen molar-refractivity contribution in [3.8, 4) is 0 Å². The topological polar surface area (TPSA) is 36.9 Å². The van der Waals surface area contributed by atoms with Gasteiger partial charge in [-0.3, -0.25) is 4.99 Å². The minimum absolute atomic E-state index is 0. The Morgan fingerprint density at radius 2 is 2.00 bits per heavy atom. The van der Waals surface area contributed by atoms with Crippen LogP contribution in [0.3, 0.4) is 0 Å². The Bertz CT molecular complexity index is 357. The Morgan fingerprint density at radius 1 is 1.32 bits per heavy atom. The lowest BCUT2D eigenvalue weighted by molar-refractivity contribution is 0.195. The minimum Gasteiger partial charge on any atom is -0.385 e. The van der Waals surface area contributed by atoms with Crippen molar-refractivity contribution in [2.24, 2.45) is 4.99 Å². The lowest BCUT2D eigenvalue weighted by Crippen LogP contribution is -2.39. The molecule has 0 atom stereocenters. The molecule has 0 saturated heterocycles. The first-order valence-corrected chi connectivity index (χ1v) is 6.22. The van der Waals surface area contributed by atoms with E-state index in [9.17, 15) is 0 Å². The summed E-state index contributed by atoms with van der Waals surface area (Å²) in [7, 11) is 5.56. The van der Waals surface area contributed by atoms with E-state index < -0.39 is 0 Å². The van der Waals surface area contributed by atoms with Crippen molar-refractivity contribution < 1.29 is 4.74 Å². The van der Waals surface area contributed by atoms with Gasteiger partial charge in [-0.1, -0.05) is 30.3 Å². The molecule has 1 rings (SSSR count). The fraction of sp³-hybridized carbons (Fsp3) is 0.500. The van der Waals surface area contributed by atoms with E-state index in [-0.39, 0.29) is 24.0 Å². The van der Waals surface area contributed by atoms with E-state index in [0.717, 1.165) is 32.1 Å². The van der Waals surface area contributed by atoms with Gasteiger partial charge in [0.25, 0.3) is 0 Å². The minimum atomic E-state index is 0. The van der Waals surface area contributed by atoms with E-state index in [1.165, 1.54) is 5.56 Å². The number of aliphatic imine (C=N–C) groups is 1. The molecule has 1 aromatic carbocycles. The Kier molecular flexibility index (Phi) is 10.6. The molecule has 0 aliphatic heterocycles. The molecule has 0 amide bonds. The SMILES string of the molecule is CN=C(NCCCOC)N(C)Cc1ccccc1.I. The molecular weight excluding hydrogens is 353 g/mol. The molecular formula is C14H24IN3O. The van der Waals surface area contributed by atoms with Gasteiger partial charge in [0, 0.05) is 40.9 Å². The van der Waals surface area contributed by atoms with E-state index >= 15 is 0 Å². The number of nitrogens with one attached hydrogen (secondary N) is 1. The predicted octanol–water partition coefficient (Wildman–Crippen LogP) is 2.35. The van der Waals surface area contributed by atoms with Crippen molar-refractivity contribution in [2.45, 2.75) is 13.0 Å². The van der Waals surface area contributed by atoms with Gasteiger partial charge in [0.1, 0.15) is 0 Å². The quantitative estimate of drug-likeness (QED) is 0.358. The fourth-order valence-electron chi connectivity index (χ4n) is 1.73. The molecule has 0 aromatic heterocycles. The molecule has 0 aliphatic rings. The molecule has 108 valence electrons. The normalized spacial score (nSPS) is 10.8. The van der Waals surface area contributed by atoms with Crippen LogP contribution in [0, 0.1) is 0 Å². The van der Waals surface area contributed by atoms with Gasteiger partial charge < -0.3 is 15.0 Å². The number of halogens is 1. The Labute approximate surface area is 133 Å². The van der Waals surface area contributed by atoms with E-state index in [2.05, 4.69) is 39.5 Å². The third-order valence-corrected chi connectivity index (χ3v) is 2.64. The standard InChI is InChI=1S/C14H23N3O.HI/c1-15-14(16-10-7-11-18-3)17(2)12-13-8-5-4-6-9-13;/h4-6,8-9H,7,10-12H2,1-3H3,(H,15,16);1H. The van der Waals surface area contributed by atoms with Crippen LogP contribution >= 0.6 is 24.0 Å². The van der Waals surface area contributed by atoms with Crippen molar-refractivity contribution in [1.82, 2.24) is 10.2 Å². The van der Waals surface area contributed by atoms with E-state index in [1.807, 2.05) is 13.1 Å². The molecule has 1 N–H and O–H groups in total. The smallest absolute Gasteiger partial charge is 0.193 e. The molecule has 0 aliphatic carbocycles. The highest BCUT2D eigenvalue weighted by atomic mass is 127. The van der Waals surface area contributed by atoms with Gasteiger partial charge in [-0.25, -0.2) is 0 Å². The van der Waals surface area contributed by atoms with Gasteiger partial charge in [-0.15, -0.1) is 24.0 Å². The lowest BCUT2D eigenvalue weighted by atomic mass is 10.2. The zero-order valence-corrected chi connectivity index (χ0v) is 14.3. The van der Waals surface area contributed by atoms with E-state index in [4.69, 9.17) is 4.74 Å². The third kappa shape index (κ3) is 7.37. The first kappa shape index (κ1) is 18.2. The van der Waals surface area contributed by atoms with Gasteiger partial charge in [0.05, 0.1) is 0 Å². The number of rotatable bonds is 6. The van der Waals surface area contributed by atoms with Crippen LogP contribution in [0.2, 0.25) is 0 Å². The molecule has 0 fully saturated rings. The second-order valence-corrected chi connectivity index (χ2v) is 4.16. The van der Waals surface area contributed by atoms with Crippen molar-refractivity contribution in [1.29, 1.82) is 0 Å². The molecule has 19 heavy (non-hydrogen) atoms. The number of hydrogen-bond acceptors (Lipinski definition) is 2. The van der Waals surface area contributed by atoms with Gasteiger partial charge >= 0.3 is 0 Å². The molecule has 0 radical (unpaired) electrons. The average Bonchev–Trinajstić information content (AvgIpc) is 2.40. The second kappa shape index (κ2) is 11.0. The monoisotopic (exact) mass is 377 g/mol. The predicted molar refractivity (Wildman–Crippen MR) is 91.2 cm³/mol. The van der Waals surface area contributed by atoms with Gasteiger partial charge in [0.2, 0.25) is 0 Å². The van der Waals surface area contributed by atoms with Crippen LogP contribution in [0.5, 0.6) is 0 Å². The fourth-order valence-corrected chi connectivity index (χ4v) is 1.73. The highest BCUT2D eigenvalue weighted by Crippen LogP contribution is 2.02. The summed E-state index contributed by atoms with van der Waals surface area (Å²) in [6.07, 6.45) is 0.981. The highest BCUT2D eigenvalue weighted by Gasteiger charge is 2.05. The number of ether oxygens (including phenoxy) is 1. The van der Waals surface area contributed by atoms with Crippen LogP contribution in [-0.4, -0.2) is 45.2 Å². The average molecular weight is 377 g/mol. The molecule has 5 heteroatoms. The first-order chi connectivity index (χ1) is 8.77. The summed E-state index contributed by atoms with van der Waals surface area (Å²) in [5.74, 6) is 0.912. The summed E-state index contributed by atoms with van der Waals surface area (Å²) >= 11 is 0. The number of hydrogen-bond donors (Lipinski definition) is 1. The molecule has 0 spiro atoms. The Hall–Kier alpha value is -0.820. The molecule has 0 bridgehead atoms. The first-order valence-electron chi connectivity index (χ1n) is 6.22. The van der Waals surface area contributed by atoms with Gasteiger partial charge in [-0.2, -0.15) is 0 Å². The maximum Gasteiger partial charge on any atom is 0.193 e. The summed E-state index contributed by atoms with van der Waals surface area (Å²) in [6, 6.07) is 10.4. The van der Waals surface area contributed by atoms with Crippen LogP contribution in [0.15, 0.2) is 35.3 Å².